The Morgan fingerprint density at radius 2 is 1.68 bits per heavy atom. The molecule has 0 aliphatic carbocycles. The molecule has 0 radical (unpaired) electrons. The van der Waals surface area contributed by atoms with Gasteiger partial charge < -0.3 is 9.30 Å². The van der Waals surface area contributed by atoms with Crippen LogP contribution in [0.3, 0.4) is 0 Å². The van der Waals surface area contributed by atoms with Gasteiger partial charge in [-0.3, -0.25) is 19.8 Å². The number of rotatable bonds is 6. The maximum atomic E-state index is 13.4. The Bertz CT molecular complexity index is 1720. The molecule has 0 bridgehead atoms. The van der Waals surface area contributed by atoms with Crippen molar-refractivity contribution in [2.24, 2.45) is 0 Å². The summed E-state index contributed by atoms with van der Waals surface area (Å²) in [6, 6.07) is 24.2. The number of aromatic nitrogens is 1. The number of hydrogen-bond acceptors (Lipinski definition) is 5. The number of nitrogens with zero attached hydrogens (tertiary/aromatic N) is 3. The Kier molecular flexibility index (Phi) is 7.27. The molecule has 0 atom stereocenters. The number of benzene rings is 3. The molecule has 1 aliphatic heterocycles. The first-order valence-electron chi connectivity index (χ1n) is 12.3. The quantitative estimate of drug-likeness (QED) is 0.194. The van der Waals surface area contributed by atoms with Crippen LogP contribution in [0.1, 0.15) is 28.1 Å². The average molecular weight is 551 g/mol. The largest absolute Gasteiger partial charge is 0.489 e. The van der Waals surface area contributed by atoms with E-state index in [0.29, 0.717) is 22.6 Å². The molecule has 9 heteroatoms. The van der Waals surface area contributed by atoms with E-state index in [0.717, 1.165) is 22.6 Å². The van der Waals surface area contributed by atoms with Crippen molar-refractivity contribution in [3.8, 4) is 17.5 Å². The van der Waals surface area contributed by atoms with Gasteiger partial charge in [0.25, 0.3) is 11.8 Å². The summed E-state index contributed by atoms with van der Waals surface area (Å²) in [6.07, 6.45) is 1.54. The number of carbonyl (C=O) groups is 2. The first kappa shape index (κ1) is 26.5. The highest BCUT2D eigenvalue weighted by Crippen LogP contribution is 2.27. The lowest BCUT2D eigenvalue weighted by atomic mass is 10.1. The highest BCUT2D eigenvalue weighted by Gasteiger charge is 2.34. The Morgan fingerprint density at radius 1 is 1.00 bits per heavy atom. The maximum absolute atomic E-state index is 13.4. The van der Waals surface area contributed by atoms with Gasteiger partial charge in [0, 0.05) is 22.6 Å². The van der Waals surface area contributed by atoms with Crippen LogP contribution in [0.25, 0.3) is 11.8 Å². The van der Waals surface area contributed by atoms with Gasteiger partial charge in [0.1, 0.15) is 23.7 Å². The first-order valence-corrected chi connectivity index (χ1v) is 12.7. The summed E-state index contributed by atoms with van der Waals surface area (Å²) in [5.41, 5.74) is 4.94. The van der Waals surface area contributed by atoms with Crippen LogP contribution in [0.5, 0.6) is 5.75 Å². The molecule has 2 amide bonds. The summed E-state index contributed by atoms with van der Waals surface area (Å²) in [7, 11) is 0. The minimum absolute atomic E-state index is 0.0670. The zero-order chi connectivity index (χ0) is 28.4. The third-order valence-electron chi connectivity index (χ3n) is 6.58. The SMILES string of the molecule is Cc1cc(/C=C2\C(=O)NC(=S)N(c3ccc(F)cc3)C2=O)c(C)n1-c1ccc(OCc2ccccc2C#N)cc1. The maximum Gasteiger partial charge on any atom is 0.270 e. The molecule has 5 rings (SSSR count). The van der Waals surface area contributed by atoms with Crippen LogP contribution in [-0.2, 0) is 16.2 Å². The van der Waals surface area contributed by atoms with E-state index in [1.54, 1.807) is 12.1 Å². The Balaban J connectivity index is 1.39. The van der Waals surface area contributed by atoms with E-state index < -0.39 is 17.6 Å². The second-order valence-electron chi connectivity index (χ2n) is 9.15. The predicted molar refractivity (Wildman–Crippen MR) is 153 cm³/mol. The molecule has 3 aromatic carbocycles. The van der Waals surface area contributed by atoms with Gasteiger partial charge in [-0.1, -0.05) is 18.2 Å². The van der Waals surface area contributed by atoms with Crippen molar-refractivity contribution in [2.75, 3.05) is 4.90 Å². The minimum atomic E-state index is -0.599. The number of halogens is 1. The van der Waals surface area contributed by atoms with Crippen LogP contribution in [0.2, 0.25) is 0 Å². The molecule has 4 aromatic rings. The molecule has 0 saturated carbocycles. The van der Waals surface area contributed by atoms with Crippen molar-refractivity contribution in [3.63, 3.8) is 0 Å². The lowest BCUT2D eigenvalue weighted by Gasteiger charge is -2.28. The summed E-state index contributed by atoms with van der Waals surface area (Å²) in [5.74, 6) is -0.986. The number of nitrogens with one attached hydrogen (secondary N) is 1. The van der Waals surface area contributed by atoms with Crippen LogP contribution < -0.4 is 15.0 Å². The molecule has 7 nitrogen and oxygen atoms in total. The summed E-state index contributed by atoms with van der Waals surface area (Å²) >= 11 is 5.22. The van der Waals surface area contributed by atoms with Crippen LogP contribution in [0.15, 0.2) is 84.4 Å². The number of amides is 2. The fourth-order valence-electron chi connectivity index (χ4n) is 4.58. The van der Waals surface area contributed by atoms with Gasteiger partial charge >= 0.3 is 0 Å². The second kappa shape index (κ2) is 11.0. The molecule has 1 saturated heterocycles. The zero-order valence-electron chi connectivity index (χ0n) is 21.6. The number of thiocarbonyl (C=S) groups is 1. The summed E-state index contributed by atoms with van der Waals surface area (Å²) in [5, 5.41) is 11.8. The molecule has 1 aliphatic rings. The van der Waals surface area contributed by atoms with Crippen molar-refractivity contribution in [1.29, 1.82) is 5.26 Å². The molecule has 198 valence electrons. The lowest BCUT2D eigenvalue weighted by molar-refractivity contribution is -0.122. The lowest BCUT2D eigenvalue weighted by Crippen LogP contribution is -2.54. The molecular formula is C31H23FN4O3S. The van der Waals surface area contributed by atoms with Crippen molar-refractivity contribution >= 4 is 40.9 Å². The molecule has 1 N–H and O–H groups in total. The minimum Gasteiger partial charge on any atom is -0.489 e. The second-order valence-corrected chi connectivity index (χ2v) is 9.53. The standard InChI is InChI=1S/C31H23FN4O3S/c1-19-15-23(16-28-29(37)34-31(40)36(30(28)38)26-9-7-24(32)8-10-26)20(2)35(19)25-11-13-27(14-12-25)39-18-22-6-4-3-5-21(22)17-33/h3-16H,18H2,1-2H3,(H,34,37,40)/b28-16+. The van der Waals surface area contributed by atoms with Gasteiger partial charge in [0.2, 0.25) is 0 Å². The van der Waals surface area contributed by atoms with E-state index in [1.165, 1.54) is 29.2 Å². The van der Waals surface area contributed by atoms with E-state index >= 15 is 0 Å². The van der Waals surface area contributed by atoms with E-state index in [-0.39, 0.29) is 17.3 Å². The van der Waals surface area contributed by atoms with Gasteiger partial charge in [0.05, 0.1) is 17.3 Å². The van der Waals surface area contributed by atoms with E-state index in [9.17, 15) is 19.2 Å². The molecule has 0 unspecified atom stereocenters. The first-order chi connectivity index (χ1) is 19.3. The van der Waals surface area contributed by atoms with Crippen LogP contribution in [0.4, 0.5) is 10.1 Å². The molecule has 1 fully saturated rings. The summed E-state index contributed by atoms with van der Waals surface area (Å²) in [6.45, 7) is 4.11. The van der Waals surface area contributed by atoms with Crippen LogP contribution >= 0.6 is 12.2 Å². The van der Waals surface area contributed by atoms with Crippen molar-refractivity contribution in [3.05, 3.63) is 118 Å². The topological polar surface area (TPSA) is 87.4 Å². The predicted octanol–water partition coefficient (Wildman–Crippen LogP) is 5.52. The fourth-order valence-corrected chi connectivity index (χ4v) is 4.86. The third-order valence-corrected chi connectivity index (χ3v) is 6.87. The molecule has 40 heavy (non-hydrogen) atoms. The average Bonchev–Trinajstić information content (AvgIpc) is 3.23. The highest BCUT2D eigenvalue weighted by atomic mass is 32.1. The number of nitriles is 1. The fraction of sp³-hybridized carbons (Fsp3) is 0.0968. The molecule has 1 aromatic heterocycles. The Hall–Kier alpha value is -5.07. The number of carbonyl (C=O) groups excluding carboxylic acids is 2. The Labute approximate surface area is 235 Å². The van der Waals surface area contributed by atoms with Gasteiger partial charge in [0.15, 0.2) is 5.11 Å². The zero-order valence-corrected chi connectivity index (χ0v) is 22.5. The highest BCUT2D eigenvalue weighted by molar-refractivity contribution is 7.80. The monoisotopic (exact) mass is 550 g/mol. The van der Waals surface area contributed by atoms with Crippen LogP contribution in [-0.4, -0.2) is 21.5 Å². The number of anilines is 1. The van der Waals surface area contributed by atoms with E-state index in [1.807, 2.05) is 66.9 Å². The molecular weight excluding hydrogens is 527 g/mol. The number of hydrogen-bond donors (Lipinski definition) is 1. The summed E-state index contributed by atoms with van der Waals surface area (Å²) in [4.78, 5) is 27.3. The summed E-state index contributed by atoms with van der Waals surface area (Å²) < 4.78 is 21.3. The molecule has 0 spiro atoms. The van der Waals surface area contributed by atoms with E-state index in [4.69, 9.17) is 17.0 Å². The molecule has 2 heterocycles. The number of aryl methyl sites for hydroxylation is 1. The van der Waals surface area contributed by atoms with Crippen molar-refractivity contribution in [2.45, 2.75) is 20.5 Å². The smallest absolute Gasteiger partial charge is 0.270 e. The van der Waals surface area contributed by atoms with Gasteiger partial charge in [-0.25, -0.2) is 4.39 Å². The third kappa shape index (κ3) is 5.13. The van der Waals surface area contributed by atoms with Crippen molar-refractivity contribution in [1.82, 2.24) is 9.88 Å². The van der Waals surface area contributed by atoms with Gasteiger partial charge in [-0.2, -0.15) is 5.26 Å². The van der Waals surface area contributed by atoms with Crippen molar-refractivity contribution < 1.29 is 18.7 Å². The van der Waals surface area contributed by atoms with Gasteiger partial charge in [-0.15, -0.1) is 0 Å². The van der Waals surface area contributed by atoms with E-state index in [2.05, 4.69) is 11.4 Å². The van der Waals surface area contributed by atoms with Gasteiger partial charge in [-0.05, 0) is 98.4 Å². The van der Waals surface area contributed by atoms with Crippen LogP contribution in [0, 0.1) is 31.0 Å². The number of ether oxygens (including phenoxy) is 1. The Morgan fingerprint density at radius 3 is 2.38 bits per heavy atom. The normalized spacial score (nSPS) is 14.3.